The fourth-order valence-electron chi connectivity index (χ4n) is 4.60. The second-order valence-corrected chi connectivity index (χ2v) is 12.0. The highest BCUT2D eigenvalue weighted by atomic mass is 16.8. The van der Waals surface area contributed by atoms with Crippen LogP contribution in [0.2, 0.25) is 0 Å². The molecule has 2 unspecified atom stereocenters. The third-order valence-corrected chi connectivity index (χ3v) is 6.29. The molecule has 2 aliphatic heterocycles. The number of benzene rings is 2. The average Bonchev–Trinajstić information content (AvgIpc) is 2.91. The Labute approximate surface area is 235 Å². The molecule has 214 valence electrons. The molecule has 9 nitrogen and oxygen atoms in total. The summed E-state index contributed by atoms with van der Waals surface area (Å²) in [6, 6.07) is 19.4. The Balaban J connectivity index is 1.50. The molecule has 0 spiro atoms. The summed E-state index contributed by atoms with van der Waals surface area (Å²) >= 11 is 0. The van der Waals surface area contributed by atoms with E-state index in [1.807, 2.05) is 102 Å². The van der Waals surface area contributed by atoms with Crippen molar-refractivity contribution in [3.05, 3.63) is 83.6 Å². The summed E-state index contributed by atoms with van der Waals surface area (Å²) in [6.45, 7) is 11.7. The number of aromatic nitrogens is 2. The molecule has 1 N–H and O–H groups in total. The zero-order valence-electron chi connectivity index (χ0n) is 23.8. The fraction of sp³-hybridized carbons (Fsp3) is 0.484. The summed E-state index contributed by atoms with van der Waals surface area (Å²) in [5, 5.41) is 11.9. The molecule has 0 aliphatic carbocycles. The molecule has 5 rings (SSSR count). The summed E-state index contributed by atoms with van der Waals surface area (Å²) in [5.74, 6) is 0.212. The topological polar surface area (TPSA) is 101 Å². The largest absolute Gasteiger partial charge is 0.472 e. The Morgan fingerprint density at radius 2 is 1.40 bits per heavy atom. The molecule has 40 heavy (non-hydrogen) atoms. The Morgan fingerprint density at radius 3 is 2.00 bits per heavy atom. The van der Waals surface area contributed by atoms with Gasteiger partial charge in [-0.15, -0.1) is 0 Å². The minimum absolute atomic E-state index is 0.155. The van der Waals surface area contributed by atoms with Crippen LogP contribution in [-0.2, 0) is 18.9 Å². The maximum absolute atomic E-state index is 11.9. The van der Waals surface area contributed by atoms with Gasteiger partial charge in [0.05, 0.1) is 12.2 Å². The molecule has 2 saturated heterocycles. The van der Waals surface area contributed by atoms with E-state index in [1.165, 1.54) is 6.20 Å². The van der Waals surface area contributed by atoms with Crippen molar-refractivity contribution < 1.29 is 33.5 Å². The zero-order chi connectivity index (χ0) is 28.5. The lowest BCUT2D eigenvalue weighted by Gasteiger charge is -2.47. The Kier molecular flexibility index (Phi) is 8.13. The fourth-order valence-corrected chi connectivity index (χ4v) is 4.60. The minimum Gasteiger partial charge on any atom is -0.472 e. The van der Waals surface area contributed by atoms with Gasteiger partial charge in [-0.25, -0.2) is 4.98 Å². The van der Waals surface area contributed by atoms with Gasteiger partial charge in [0, 0.05) is 17.3 Å². The molecule has 0 saturated carbocycles. The van der Waals surface area contributed by atoms with E-state index in [0.29, 0.717) is 5.56 Å². The lowest BCUT2D eigenvalue weighted by molar-refractivity contribution is -0.373. The van der Waals surface area contributed by atoms with Crippen molar-refractivity contribution in [1.29, 1.82) is 0 Å². The molecular weight excluding hydrogens is 512 g/mol. The molecule has 0 radical (unpaired) electrons. The van der Waals surface area contributed by atoms with Crippen molar-refractivity contribution in [2.75, 3.05) is 6.61 Å². The number of nitrogens with zero attached hydrogens (tertiary/aromatic N) is 2. The maximum atomic E-state index is 11.9. The molecule has 0 amide bonds. The van der Waals surface area contributed by atoms with Crippen LogP contribution in [0.15, 0.2) is 66.9 Å². The summed E-state index contributed by atoms with van der Waals surface area (Å²) in [4.78, 5) is 8.92. The highest BCUT2D eigenvalue weighted by Crippen LogP contribution is 2.43. The lowest BCUT2D eigenvalue weighted by Crippen LogP contribution is -2.56. The Morgan fingerprint density at radius 1 is 0.800 bits per heavy atom. The number of rotatable bonds is 6. The van der Waals surface area contributed by atoms with Gasteiger partial charge in [0.25, 0.3) is 0 Å². The van der Waals surface area contributed by atoms with E-state index in [0.717, 1.165) is 11.1 Å². The van der Waals surface area contributed by atoms with Crippen molar-refractivity contribution in [3.63, 3.8) is 0 Å². The smallest absolute Gasteiger partial charge is 0.320 e. The quantitative estimate of drug-likeness (QED) is 0.429. The number of ether oxygens (including phenoxy) is 6. The maximum Gasteiger partial charge on any atom is 0.320 e. The van der Waals surface area contributed by atoms with Gasteiger partial charge in [-0.2, -0.15) is 4.98 Å². The van der Waals surface area contributed by atoms with Crippen LogP contribution in [0, 0.1) is 0 Å². The van der Waals surface area contributed by atoms with Crippen molar-refractivity contribution in [1.82, 2.24) is 9.97 Å². The molecular formula is C31H38N2O7. The van der Waals surface area contributed by atoms with E-state index >= 15 is 0 Å². The SMILES string of the molecule is CC(C)(C)Oc1ncc([C@H](O)[C@@H]2OC(c3ccccc3)O[C@@H]3COC(c4ccccc4)O[C@@H]23)c(OC(C)(C)C)n1. The monoisotopic (exact) mass is 550 g/mol. The van der Waals surface area contributed by atoms with Gasteiger partial charge in [-0.3, -0.25) is 0 Å². The summed E-state index contributed by atoms with van der Waals surface area (Å²) in [5.41, 5.74) is 0.936. The highest BCUT2D eigenvalue weighted by molar-refractivity contribution is 5.30. The second-order valence-electron chi connectivity index (χ2n) is 12.0. The van der Waals surface area contributed by atoms with E-state index in [-0.39, 0.29) is 18.5 Å². The normalized spacial score (nSPS) is 26.0. The van der Waals surface area contributed by atoms with Gasteiger partial charge in [0.15, 0.2) is 12.6 Å². The van der Waals surface area contributed by atoms with E-state index in [9.17, 15) is 5.11 Å². The third-order valence-electron chi connectivity index (χ3n) is 6.29. The zero-order valence-corrected chi connectivity index (χ0v) is 23.8. The number of aliphatic hydroxyl groups excluding tert-OH is 1. The van der Waals surface area contributed by atoms with Crippen LogP contribution in [0.4, 0.5) is 0 Å². The Bertz CT molecular complexity index is 1260. The van der Waals surface area contributed by atoms with Gasteiger partial charge >= 0.3 is 6.01 Å². The van der Waals surface area contributed by atoms with E-state index in [2.05, 4.69) is 9.97 Å². The van der Waals surface area contributed by atoms with Crippen LogP contribution in [-0.4, -0.2) is 51.2 Å². The molecule has 2 aromatic carbocycles. The van der Waals surface area contributed by atoms with Crippen molar-refractivity contribution in [3.8, 4) is 11.9 Å². The lowest BCUT2D eigenvalue weighted by atomic mass is 9.95. The van der Waals surface area contributed by atoms with Gasteiger partial charge in [-0.05, 0) is 41.5 Å². The van der Waals surface area contributed by atoms with Crippen molar-refractivity contribution in [2.24, 2.45) is 0 Å². The summed E-state index contributed by atoms with van der Waals surface area (Å²) < 4.78 is 37.3. The summed E-state index contributed by atoms with van der Waals surface area (Å²) in [6.07, 6.45) is -3.05. The first-order valence-corrected chi connectivity index (χ1v) is 13.6. The van der Waals surface area contributed by atoms with Crippen LogP contribution in [0.25, 0.3) is 0 Å². The van der Waals surface area contributed by atoms with Gasteiger partial charge < -0.3 is 33.5 Å². The van der Waals surface area contributed by atoms with Crippen molar-refractivity contribution in [2.45, 2.75) is 89.7 Å². The molecule has 2 aliphatic rings. The predicted molar refractivity (Wildman–Crippen MR) is 147 cm³/mol. The number of fused-ring (bicyclic) bond motifs is 1. The molecule has 0 bridgehead atoms. The summed E-state index contributed by atoms with van der Waals surface area (Å²) in [7, 11) is 0. The third kappa shape index (κ3) is 6.79. The number of hydrogen-bond donors (Lipinski definition) is 1. The molecule has 3 aromatic rings. The minimum atomic E-state index is -1.21. The second kappa shape index (κ2) is 11.4. The van der Waals surface area contributed by atoms with Gasteiger partial charge in [0.1, 0.15) is 35.6 Å². The number of hydrogen-bond acceptors (Lipinski definition) is 9. The van der Waals surface area contributed by atoms with Crippen LogP contribution in [0.3, 0.4) is 0 Å². The molecule has 9 heteroatoms. The average molecular weight is 551 g/mol. The van der Waals surface area contributed by atoms with Gasteiger partial charge in [-0.1, -0.05) is 60.7 Å². The first kappa shape index (κ1) is 28.4. The van der Waals surface area contributed by atoms with Crippen LogP contribution in [0.5, 0.6) is 11.9 Å². The molecule has 3 heterocycles. The van der Waals surface area contributed by atoms with Crippen LogP contribution in [0.1, 0.15) is 76.9 Å². The first-order valence-electron chi connectivity index (χ1n) is 13.6. The van der Waals surface area contributed by atoms with Gasteiger partial charge in [0.2, 0.25) is 5.88 Å². The predicted octanol–water partition coefficient (Wildman–Crippen LogP) is 5.46. The van der Waals surface area contributed by atoms with Crippen molar-refractivity contribution >= 4 is 0 Å². The highest BCUT2D eigenvalue weighted by Gasteiger charge is 2.49. The molecule has 1 aromatic heterocycles. The molecule has 2 fully saturated rings. The van der Waals surface area contributed by atoms with E-state index < -0.39 is 48.2 Å². The first-order chi connectivity index (χ1) is 19.0. The van der Waals surface area contributed by atoms with E-state index in [4.69, 9.17) is 28.4 Å². The standard InChI is InChI=1S/C31H38N2O7/c1-30(2,3)39-26-21(17-32-29(33-26)40-31(4,5)6)23(34)25-24-22(36-28(38-25)20-15-11-8-12-16-20)18-35-27(37-24)19-13-9-7-10-14-19/h7-17,22-25,27-28,34H,18H2,1-6H3/t22-,23+,24-,25+,27?,28?/m1/s1. The van der Waals surface area contributed by atoms with E-state index in [1.54, 1.807) is 0 Å². The molecule has 6 atom stereocenters. The Hall–Kier alpha value is -3.08. The number of aliphatic hydroxyl groups is 1. The van der Waals surface area contributed by atoms with Crippen LogP contribution >= 0.6 is 0 Å². The van der Waals surface area contributed by atoms with Crippen LogP contribution < -0.4 is 9.47 Å².